The number of nitrogens with one attached hydrogen (secondary N) is 1. The van der Waals surface area contributed by atoms with Crippen LogP contribution in [0.2, 0.25) is 0 Å². The van der Waals surface area contributed by atoms with Crippen LogP contribution in [0.1, 0.15) is 40.5 Å². The number of nitrogen functional groups attached to an aromatic ring is 1. The van der Waals surface area contributed by atoms with Gasteiger partial charge in [0.15, 0.2) is 0 Å². The molecule has 0 unspecified atom stereocenters. The van der Waals surface area contributed by atoms with Crippen LogP contribution in [0.15, 0.2) is 35.1 Å². The molecule has 0 radical (unpaired) electrons. The van der Waals surface area contributed by atoms with Crippen LogP contribution in [0.25, 0.3) is 5.69 Å². The first-order valence-electron chi connectivity index (χ1n) is 9.84. The third-order valence-electron chi connectivity index (χ3n) is 5.53. The van der Waals surface area contributed by atoms with E-state index >= 15 is 0 Å². The van der Waals surface area contributed by atoms with Crippen molar-refractivity contribution in [3.05, 3.63) is 51.8 Å². The lowest BCUT2D eigenvalue weighted by molar-refractivity contribution is -0.148. The monoisotopic (exact) mass is 410 g/mol. The number of nitrogens with zero attached hydrogens (tertiary/aromatic N) is 2. The number of fused-ring (bicyclic) bond motifs is 1. The molecule has 4 rings (SSSR count). The van der Waals surface area contributed by atoms with Crippen LogP contribution in [0, 0.1) is 5.92 Å². The molecule has 2 aliphatic rings. The highest BCUT2D eigenvalue weighted by Gasteiger charge is 2.33. The van der Waals surface area contributed by atoms with Gasteiger partial charge in [0, 0.05) is 19.2 Å². The molecule has 156 valence electrons. The number of anilines is 2. The van der Waals surface area contributed by atoms with Gasteiger partial charge in [-0.05, 0) is 31.9 Å². The number of para-hydroxylation sites is 2. The minimum atomic E-state index is -0.625. The zero-order valence-electron chi connectivity index (χ0n) is 16.5. The second-order valence-electron chi connectivity index (χ2n) is 7.28. The van der Waals surface area contributed by atoms with Crippen molar-refractivity contribution in [3.8, 4) is 5.69 Å². The number of pyridine rings is 1. The number of piperidine rings is 1. The molecule has 0 atom stereocenters. The molecule has 0 saturated carbocycles. The maximum Gasteiger partial charge on any atom is 0.309 e. The van der Waals surface area contributed by atoms with Crippen LogP contribution in [-0.2, 0) is 9.53 Å². The predicted octanol–water partition coefficient (Wildman–Crippen LogP) is 1.08. The Morgan fingerprint density at radius 1 is 1.13 bits per heavy atom. The number of hydrogen-bond donors (Lipinski definition) is 2. The first kappa shape index (κ1) is 19.7. The maximum absolute atomic E-state index is 12.8. The van der Waals surface area contributed by atoms with Gasteiger partial charge < -0.3 is 15.4 Å². The third kappa shape index (κ3) is 3.22. The summed E-state index contributed by atoms with van der Waals surface area (Å²) in [5, 5.41) is 2.17. The first-order chi connectivity index (χ1) is 14.4. The number of esters is 1. The number of carbonyl (C=O) groups excluding carboxylic acids is 3. The molecule has 2 aromatic rings. The van der Waals surface area contributed by atoms with E-state index in [4.69, 9.17) is 10.5 Å². The van der Waals surface area contributed by atoms with Crippen LogP contribution in [0.4, 0.5) is 11.5 Å². The summed E-state index contributed by atoms with van der Waals surface area (Å²) in [7, 11) is 0. The van der Waals surface area contributed by atoms with Crippen molar-refractivity contribution in [3.63, 3.8) is 0 Å². The van der Waals surface area contributed by atoms with Gasteiger partial charge >= 0.3 is 5.97 Å². The quantitative estimate of drug-likeness (QED) is 0.571. The van der Waals surface area contributed by atoms with Crippen LogP contribution >= 0.6 is 0 Å². The average molecular weight is 410 g/mol. The zero-order valence-corrected chi connectivity index (χ0v) is 16.5. The Labute approximate surface area is 172 Å². The molecule has 1 saturated heterocycles. The van der Waals surface area contributed by atoms with Crippen molar-refractivity contribution in [1.82, 2.24) is 9.88 Å². The molecule has 0 spiro atoms. The fraction of sp³-hybridized carbons (Fsp3) is 0.333. The van der Waals surface area contributed by atoms with E-state index in [2.05, 4.69) is 10.2 Å². The van der Waals surface area contributed by atoms with Gasteiger partial charge in [-0.2, -0.15) is 0 Å². The Bertz CT molecular complexity index is 1100. The summed E-state index contributed by atoms with van der Waals surface area (Å²) in [4.78, 5) is 51.0. The number of nitrogens with two attached hydrogens (primary N) is 1. The summed E-state index contributed by atoms with van der Waals surface area (Å²) in [6.07, 6.45) is 1.28. The summed E-state index contributed by atoms with van der Waals surface area (Å²) < 4.78 is 6.38. The van der Waals surface area contributed by atoms with Crippen molar-refractivity contribution < 1.29 is 19.1 Å². The number of amides is 2. The Balaban J connectivity index is 1.70. The van der Waals surface area contributed by atoms with Crippen LogP contribution in [0.3, 0.4) is 0 Å². The topological polar surface area (TPSA) is 124 Å². The maximum atomic E-state index is 12.8. The van der Waals surface area contributed by atoms with Gasteiger partial charge in [-0.3, -0.25) is 29.1 Å². The van der Waals surface area contributed by atoms with E-state index in [1.807, 2.05) is 12.1 Å². The van der Waals surface area contributed by atoms with Crippen molar-refractivity contribution in [1.29, 1.82) is 0 Å². The number of rotatable bonds is 4. The van der Waals surface area contributed by atoms with Gasteiger partial charge in [0.05, 0.1) is 35.0 Å². The second-order valence-corrected chi connectivity index (χ2v) is 7.28. The van der Waals surface area contributed by atoms with Gasteiger partial charge in [0.2, 0.25) is 0 Å². The van der Waals surface area contributed by atoms with Crippen LogP contribution in [-0.4, -0.2) is 42.0 Å². The third-order valence-corrected chi connectivity index (χ3v) is 5.53. The number of imide groups is 1. The fourth-order valence-electron chi connectivity index (χ4n) is 4.06. The lowest BCUT2D eigenvalue weighted by Crippen LogP contribution is -2.38. The highest BCUT2D eigenvalue weighted by molar-refractivity contribution is 6.23. The van der Waals surface area contributed by atoms with Crippen molar-refractivity contribution >= 4 is 29.3 Å². The molecule has 2 aliphatic heterocycles. The molecular weight excluding hydrogens is 388 g/mol. The second kappa shape index (κ2) is 7.66. The lowest BCUT2D eigenvalue weighted by Gasteiger charge is -2.34. The molecule has 30 heavy (non-hydrogen) atoms. The summed E-state index contributed by atoms with van der Waals surface area (Å²) in [5.74, 6) is -1.64. The molecule has 3 N–H and O–H groups in total. The standard InChI is InChI=1S/C21H22N4O5/c1-2-30-21(29)12-7-9-24(10-8-12)14-5-3-4-6-15(14)25-16(26)11-13-17(18(25)22)20(28)23-19(13)27/h3-6,11-12H,2,7-10,22H2,1H3,(H,23,27,28). The van der Waals surface area contributed by atoms with E-state index in [0.29, 0.717) is 38.2 Å². The Kier molecular flexibility index (Phi) is 5.03. The molecule has 1 aromatic carbocycles. The predicted molar refractivity (Wildman–Crippen MR) is 110 cm³/mol. The molecule has 9 heteroatoms. The number of hydrogen-bond acceptors (Lipinski definition) is 7. The smallest absolute Gasteiger partial charge is 0.309 e. The summed E-state index contributed by atoms with van der Waals surface area (Å²) in [6.45, 7) is 3.37. The fourth-order valence-corrected chi connectivity index (χ4v) is 4.06. The van der Waals surface area contributed by atoms with Crippen molar-refractivity contribution in [2.75, 3.05) is 30.3 Å². The Hall–Kier alpha value is -3.62. The Morgan fingerprint density at radius 3 is 2.47 bits per heavy atom. The van der Waals surface area contributed by atoms with Crippen LogP contribution in [0.5, 0.6) is 0 Å². The molecule has 9 nitrogen and oxygen atoms in total. The van der Waals surface area contributed by atoms with E-state index in [0.717, 1.165) is 11.8 Å². The lowest BCUT2D eigenvalue weighted by atomic mass is 9.96. The minimum absolute atomic E-state index is 0.00789. The number of benzene rings is 1. The molecule has 1 fully saturated rings. The number of aromatic nitrogens is 1. The van der Waals surface area contributed by atoms with Gasteiger partial charge in [0.25, 0.3) is 17.4 Å². The Morgan fingerprint density at radius 2 is 1.80 bits per heavy atom. The minimum Gasteiger partial charge on any atom is -0.466 e. The van der Waals surface area contributed by atoms with Crippen molar-refractivity contribution in [2.24, 2.45) is 5.92 Å². The highest BCUT2D eigenvalue weighted by atomic mass is 16.5. The highest BCUT2D eigenvalue weighted by Crippen LogP contribution is 2.31. The summed E-state index contributed by atoms with van der Waals surface area (Å²) in [6, 6.07) is 8.36. The van der Waals surface area contributed by atoms with E-state index in [1.54, 1.807) is 19.1 Å². The normalized spacial score (nSPS) is 16.4. The molecule has 0 bridgehead atoms. The van der Waals surface area contributed by atoms with Gasteiger partial charge in [0.1, 0.15) is 5.82 Å². The van der Waals surface area contributed by atoms with E-state index in [1.165, 1.54) is 4.57 Å². The SMILES string of the molecule is CCOC(=O)C1CCN(c2ccccc2-n2c(N)c3c(cc2=O)C(=O)NC3=O)CC1. The average Bonchev–Trinajstić information content (AvgIpc) is 3.02. The van der Waals surface area contributed by atoms with Crippen molar-refractivity contribution in [2.45, 2.75) is 19.8 Å². The van der Waals surface area contributed by atoms with Gasteiger partial charge in [-0.15, -0.1) is 0 Å². The van der Waals surface area contributed by atoms with Gasteiger partial charge in [-0.25, -0.2) is 0 Å². The summed E-state index contributed by atoms with van der Waals surface area (Å²) >= 11 is 0. The van der Waals surface area contributed by atoms with E-state index in [9.17, 15) is 19.2 Å². The van der Waals surface area contributed by atoms with Crippen LogP contribution < -0.4 is 21.5 Å². The molecule has 0 aliphatic carbocycles. The van der Waals surface area contributed by atoms with E-state index in [-0.39, 0.29) is 28.8 Å². The largest absolute Gasteiger partial charge is 0.466 e. The first-order valence-corrected chi connectivity index (χ1v) is 9.84. The molecular formula is C21H22N4O5. The summed E-state index contributed by atoms with van der Waals surface area (Å²) in [5.41, 5.74) is 6.97. The molecule has 1 aromatic heterocycles. The van der Waals surface area contributed by atoms with Gasteiger partial charge in [-0.1, -0.05) is 12.1 Å². The molecule has 3 heterocycles. The molecule has 2 amide bonds. The number of carbonyl (C=O) groups is 3. The zero-order chi connectivity index (χ0) is 21.4. The number of ether oxygens (including phenoxy) is 1. The van der Waals surface area contributed by atoms with E-state index < -0.39 is 17.4 Å².